The van der Waals surface area contributed by atoms with Crippen molar-refractivity contribution in [2.24, 2.45) is 0 Å². The van der Waals surface area contributed by atoms with Gasteiger partial charge >= 0.3 is 18.2 Å². The first-order chi connectivity index (χ1) is 13.6. The van der Waals surface area contributed by atoms with Gasteiger partial charge < -0.3 is 10.1 Å². The van der Waals surface area contributed by atoms with Crippen LogP contribution in [0.4, 0.5) is 18.0 Å². The Morgan fingerprint density at radius 1 is 1.14 bits per heavy atom. The number of urea groups is 1. The Morgan fingerprint density at radius 2 is 1.79 bits per heavy atom. The first kappa shape index (κ1) is 20.6. The summed E-state index contributed by atoms with van der Waals surface area (Å²) in [5.74, 6) is -2.99. The average molecular weight is 413 g/mol. The van der Waals surface area contributed by atoms with Gasteiger partial charge in [-0.1, -0.05) is 31.4 Å². The summed E-state index contributed by atoms with van der Waals surface area (Å²) in [4.78, 5) is 48.5. The van der Waals surface area contributed by atoms with Crippen molar-refractivity contribution >= 4 is 23.8 Å². The fourth-order valence-corrected chi connectivity index (χ4v) is 3.49. The molecule has 8 nitrogen and oxygen atoms in total. The van der Waals surface area contributed by atoms with Crippen molar-refractivity contribution in [1.29, 1.82) is 0 Å². The highest BCUT2D eigenvalue weighted by molar-refractivity contribution is 6.08. The van der Waals surface area contributed by atoms with Gasteiger partial charge in [-0.25, -0.2) is 9.59 Å². The number of carbonyl (C=O) groups excluding carboxylic acids is 4. The molecule has 29 heavy (non-hydrogen) atoms. The highest BCUT2D eigenvalue weighted by Crippen LogP contribution is 2.33. The first-order valence-corrected chi connectivity index (χ1v) is 8.94. The Labute approximate surface area is 163 Å². The molecular formula is C18H18F3N3O5. The molecule has 1 spiro atoms. The van der Waals surface area contributed by atoms with Crippen LogP contribution < -0.4 is 10.7 Å². The number of halogens is 3. The first-order valence-electron chi connectivity index (χ1n) is 8.94. The van der Waals surface area contributed by atoms with E-state index in [1.807, 2.05) is 5.43 Å². The summed E-state index contributed by atoms with van der Waals surface area (Å²) in [6.07, 6.45) is -1.42. The molecule has 1 saturated heterocycles. The second-order valence-corrected chi connectivity index (χ2v) is 6.87. The van der Waals surface area contributed by atoms with Crippen molar-refractivity contribution in [1.82, 2.24) is 15.8 Å². The molecule has 3 rings (SSSR count). The number of carbonyl (C=O) groups is 4. The largest absolute Gasteiger partial charge is 0.452 e. The van der Waals surface area contributed by atoms with Gasteiger partial charge in [-0.2, -0.15) is 18.2 Å². The van der Waals surface area contributed by atoms with Gasteiger partial charge in [0.1, 0.15) is 5.54 Å². The van der Waals surface area contributed by atoms with Crippen molar-refractivity contribution in [2.45, 2.75) is 43.8 Å². The molecule has 2 aliphatic rings. The van der Waals surface area contributed by atoms with Gasteiger partial charge in [0, 0.05) is 0 Å². The Kier molecular flexibility index (Phi) is 5.49. The minimum absolute atomic E-state index is 0.452. The number of benzene rings is 1. The molecular weight excluding hydrogens is 395 g/mol. The summed E-state index contributed by atoms with van der Waals surface area (Å²) in [6.45, 7) is -0.963. The number of ether oxygens (including phenoxy) is 1. The monoisotopic (exact) mass is 413 g/mol. The number of hydrogen-bond acceptors (Lipinski definition) is 5. The third-order valence-corrected chi connectivity index (χ3v) is 4.89. The standard InChI is InChI=1S/C18H18F3N3O5/c19-18(20,21)12-7-3-2-6-11(12)14(26)29-10-13(25)23-24-15(27)17(22-16(24)28)8-4-1-5-9-17/h2-3,6-7H,1,4-5,8-10H2,(H,22,28)(H,23,25). The molecule has 1 aromatic rings. The quantitative estimate of drug-likeness (QED) is 0.581. The summed E-state index contributed by atoms with van der Waals surface area (Å²) in [6, 6.07) is 3.17. The summed E-state index contributed by atoms with van der Waals surface area (Å²) in [7, 11) is 0. The molecule has 4 amide bonds. The van der Waals surface area contributed by atoms with Crippen molar-refractivity contribution in [3.8, 4) is 0 Å². The van der Waals surface area contributed by atoms with Gasteiger partial charge in [-0.05, 0) is 25.0 Å². The van der Waals surface area contributed by atoms with Gasteiger partial charge in [-0.3, -0.25) is 15.0 Å². The molecule has 1 heterocycles. The fraction of sp³-hybridized carbons (Fsp3) is 0.444. The smallest absolute Gasteiger partial charge is 0.417 e. The van der Waals surface area contributed by atoms with Gasteiger partial charge in [0.05, 0.1) is 11.1 Å². The van der Waals surface area contributed by atoms with Crippen molar-refractivity contribution in [3.63, 3.8) is 0 Å². The van der Waals surface area contributed by atoms with Crippen LogP contribution in [0.2, 0.25) is 0 Å². The van der Waals surface area contributed by atoms with Crippen LogP contribution in [0.1, 0.15) is 48.0 Å². The maximum absolute atomic E-state index is 13.0. The minimum atomic E-state index is -4.77. The molecule has 0 aromatic heterocycles. The van der Waals surface area contributed by atoms with E-state index in [9.17, 15) is 32.3 Å². The highest BCUT2D eigenvalue weighted by Gasteiger charge is 2.52. The molecule has 1 saturated carbocycles. The fourth-order valence-electron chi connectivity index (χ4n) is 3.49. The van der Waals surface area contributed by atoms with E-state index >= 15 is 0 Å². The Morgan fingerprint density at radius 3 is 2.45 bits per heavy atom. The number of alkyl halides is 3. The molecule has 2 fully saturated rings. The molecule has 1 aromatic carbocycles. The van der Waals surface area contributed by atoms with Crippen LogP contribution in [-0.2, 0) is 20.5 Å². The zero-order chi connectivity index (χ0) is 21.2. The summed E-state index contributed by atoms with van der Waals surface area (Å²) >= 11 is 0. The third-order valence-electron chi connectivity index (χ3n) is 4.89. The summed E-state index contributed by atoms with van der Waals surface area (Å²) < 4.78 is 43.5. The van der Waals surface area contributed by atoms with Gasteiger partial charge in [0.15, 0.2) is 6.61 Å². The van der Waals surface area contributed by atoms with Crippen molar-refractivity contribution in [3.05, 3.63) is 35.4 Å². The van der Waals surface area contributed by atoms with E-state index < -0.39 is 53.3 Å². The van der Waals surface area contributed by atoms with E-state index in [-0.39, 0.29) is 0 Å². The lowest BCUT2D eigenvalue weighted by atomic mass is 9.82. The molecule has 0 unspecified atom stereocenters. The molecule has 156 valence electrons. The Bertz CT molecular complexity index is 849. The second kappa shape index (κ2) is 7.72. The average Bonchev–Trinajstić information content (AvgIpc) is 2.90. The molecule has 1 aliphatic carbocycles. The third kappa shape index (κ3) is 4.17. The number of imide groups is 1. The van der Waals surface area contributed by atoms with Crippen LogP contribution >= 0.6 is 0 Å². The van der Waals surface area contributed by atoms with Crippen molar-refractivity contribution < 1.29 is 37.1 Å². The summed E-state index contributed by atoms with van der Waals surface area (Å²) in [5, 5.41) is 3.10. The predicted octanol–water partition coefficient (Wildman–Crippen LogP) is 2.15. The molecule has 2 N–H and O–H groups in total. The second-order valence-electron chi connectivity index (χ2n) is 6.87. The maximum atomic E-state index is 13.0. The topological polar surface area (TPSA) is 105 Å². The molecule has 11 heteroatoms. The SMILES string of the molecule is O=C(COC(=O)c1ccccc1C(F)(F)F)NN1C(=O)NC2(CCCCC2)C1=O. The number of hydrogen-bond donors (Lipinski definition) is 2. The van der Waals surface area contributed by atoms with Crippen LogP contribution in [0.25, 0.3) is 0 Å². The normalized spacial score (nSPS) is 18.5. The number of rotatable bonds is 4. The van der Waals surface area contributed by atoms with Gasteiger partial charge in [0.2, 0.25) is 0 Å². The van der Waals surface area contributed by atoms with Gasteiger partial charge in [0.25, 0.3) is 11.8 Å². The minimum Gasteiger partial charge on any atom is -0.452 e. The maximum Gasteiger partial charge on any atom is 0.417 e. The van der Waals surface area contributed by atoms with Crippen LogP contribution in [-0.4, -0.2) is 41.0 Å². The van der Waals surface area contributed by atoms with E-state index in [1.54, 1.807) is 0 Å². The number of amides is 4. The van der Waals surface area contributed by atoms with E-state index in [2.05, 4.69) is 10.1 Å². The summed E-state index contributed by atoms with van der Waals surface area (Å²) in [5.41, 5.74) is -0.958. The van der Waals surface area contributed by atoms with E-state index in [4.69, 9.17) is 0 Å². The lowest BCUT2D eigenvalue weighted by molar-refractivity contribution is -0.141. The van der Waals surface area contributed by atoms with E-state index in [0.29, 0.717) is 23.9 Å². The van der Waals surface area contributed by atoms with E-state index in [0.717, 1.165) is 31.4 Å². The highest BCUT2D eigenvalue weighted by atomic mass is 19.4. The van der Waals surface area contributed by atoms with Crippen LogP contribution in [0.5, 0.6) is 0 Å². The van der Waals surface area contributed by atoms with Crippen molar-refractivity contribution in [2.75, 3.05) is 6.61 Å². The molecule has 0 bridgehead atoms. The molecule has 0 radical (unpaired) electrons. The zero-order valence-corrected chi connectivity index (χ0v) is 15.2. The van der Waals surface area contributed by atoms with Crippen LogP contribution in [0.3, 0.4) is 0 Å². The van der Waals surface area contributed by atoms with Gasteiger partial charge in [-0.15, -0.1) is 0 Å². The predicted molar refractivity (Wildman–Crippen MR) is 91.1 cm³/mol. The number of nitrogens with zero attached hydrogens (tertiary/aromatic N) is 1. The lowest BCUT2D eigenvalue weighted by Crippen LogP contribution is -2.51. The number of nitrogens with one attached hydrogen (secondary N) is 2. The van der Waals surface area contributed by atoms with E-state index in [1.165, 1.54) is 6.07 Å². The number of hydrazine groups is 1. The Balaban J connectivity index is 1.60. The Hall–Kier alpha value is -3.11. The number of esters is 1. The molecule has 0 atom stereocenters. The van der Waals surface area contributed by atoms with Crippen LogP contribution in [0.15, 0.2) is 24.3 Å². The molecule has 1 aliphatic heterocycles. The zero-order valence-electron chi connectivity index (χ0n) is 15.2. The lowest BCUT2D eigenvalue weighted by Gasteiger charge is -2.30. The van der Waals surface area contributed by atoms with Crippen LogP contribution in [0, 0.1) is 0 Å².